The molecule has 0 unspecified atom stereocenters. The van der Waals surface area contributed by atoms with Gasteiger partial charge in [-0.05, 0) is 40.0 Å². The molecule has 0 aliphatic rings. The number of phenolic OH excluding ortho intramolecular Hbond substituents is 1. The van der Waals surface area contributed by atoms with E-state index in [1.165, 1.54) is 0 Å². The first kappa shape index (κ1) is 11.5. The van der Waals surface area contributed by atoms with Crippen molar-refractivity contribution < 1.29 is 10.2 Å². The molecule has 0 radical (unpaired) electrons. The third-order valence-corrected chi connectivity index (χ3v) is 2.82. The van der Waals surface area contributed by atoms with Gasteiger partial charge in [0.15, 0.2) is 0 Å². The van der Waals surface area contributed by atoms with Crippen LogP contribution in [0.5, 0.6) is 5.75 Å². The van der Waals surface area contributed by atoms with Gasteiger partial charge >= 0.3 is 0 Å². The first-order valence-electron chi connectivity index (χ1n) is 4.48. The van der Waals surface area contributed by atoms with Crippen molar-refractivity contribution in [2.45, 2.75) is 25.5 Å². The van der Waals surface area contributed by atoms with Crippen molar-refractivity contribution in [3.8, 4) is 5.75 Å². The molecular formula is C10H14BrNO2. The lowest BCUT2D eigenvalue weighted by Crippen LogP contribution is -2.25. The highest BCUT2D eigenvalue weighted by Gasteiger charge is 2.15. The van der Waals surface area contributed by atoms with Gasteiger partial charge in [0.25, 0.3) is 0 Å². The van der Waals surface area contributed by atoms with E-state index in [0.29, 0.717) is 10.9 Å². The average Bonchev–Trinajstić information content (AvgIpc) is 2.20. The van der Waals surface area contributed by atoms with Crippen LogP contribution in [0.15, 0.2) is 22.7 Å². The molecule has 0 fully saturated rings. The fourth-order valence-corrected chi connectivity index (χ4v) is 1.60. The SMILES string of the molecule is CC[C@H](O)[C@H](N)c1ccc(O)c(Br)c1. The monoisotopic (exact) mass is 259 g/mol. The predicted molar refractivity (Wildman–Crippen MR) is 59.0 cm³/mol. The molecule has 3 nitrogen and oxygen atoms in total. The predicted octanol–water partition coefficient (Wildman–Crippen LogP) is 1.93. The highest BCUT2D eigenvalue weighted by Crippen LogP contribution is 2.27. The Labute approximate surface area is 91.7 Å². The molecule has 0 bridgehead atoms. The maximum absolute atomic E-state index is 9.54. The highest BCUT2D eigenvalue weighted by molar-refractivity contribution is 9.10. The number of hydrogen-bond donors (Lipinski definition) is 3. The molecule has 4 heteroatoms. The number of aliphatic hydroxyl groups excluding tert-OH is 1. The van der Waals surface area contributed by atoms with Crippen LogP contribution in [0, 0.1) is 0 Å². The van der Waals surface area contributed by atoms with Crippen LogP contribution in [0.2, 0.25) is 0 Å². The van der Waals surface area contributed by atoms with Crippen LogP contribution in [0.1, 0.15) is 24.9 Å². The zero-order chi connectivity index (χ0) is 10.7. The summed E-state index contributed by atoms with van der Waals surface area (Å²) in [5, 5.41) is 18.8. The van der Waals surface area contributed by atoms with Gasteiger partial charge in [0, 0.05) is 0 Å². The van der Waals surface area contributed by atoms with E-state index >= 15 is 0 Å². The molecule has 0 amide bonds. The molecular weight excluding hydrogens is 246 g/mol. The zero-order valence-corrected chi connectivity index (χ0v) is 9.53. The third kappa shape index (κ3) is 2.47. The molecule has 4 N–H and O–H groups in total. The Morgan fingerprint density at radius 1 is 1.50 bits per heavy atom. The summed E-state index contributed by atoms with van der Waals surface area (Å²) >= 11 is 3.20. The summed E-state index contributed by atoms with van der Waals surface area (Å²) in [5.41, 5.74) is 6.62. The summed E-state index contributed by atoms with van der Waals surface area (Å²) in [4.78, 5) is 0. The van der Waals surface area contributed by atoms with Gasteiger partial charge in [0.1, 0.15) is 5.75 Å². The molecule has 0 spiro atoms. The quantitative estimate of drug-likeness (QED) is 0.777. The van der Waals surface area contributed by atoms with Crippen LogP contribution in [-0.2, 0) is 0 Å². The van der Waals surface area contributed by atoms with Crippen molar-refractivity contribution in [1.82, 2.24) is 0 Å². The fraction of sp³-hybridized carbons (Fsp3) is 0.400. The van der Waals surface area contributed by atoms with Crippen molar-refractivity contribution in [1.29, 1.82) is 0 Å². The van der Waals surface area contributed by atoms with Gasteiger partial charge < -0.3 is 15.9 Å². The first-order chi connectivity index (χ1) is 6.56. The first-order valence-corrected chi connectivity index (χ1v) is 5.27. The minimum atomic E-state index is -0.550. The molecule has 1 rings (SSSR count). The smallest absolute Gasteiger partial charge is 0.129 e. The topological polar surface area (TPSA) is 66.5 Å². The number of rotatable bonds is 3. The summed E-state index contributed by atoms with van der Waals surface area (Å²) < 4.78 is 0.591. The molecule has 2 atom stereocenters. The normalized spacial score (nSPS) is 15.1. The standard InChI is InChI=1S/C10H14BrNO2/c1-2-8(13)10(12)6-3-4-9(14)7(11)5-6/h3-5,8,10,13-14H,2,12H2,1H3/t8-,10+/m0/s1. The number of nitrogens with two attached hydrogens (primary N) is 1. The number of benzene rings is 1. The van der Waals surface area contributed by atoms with Gasteiger partial charge in [-0.1, -0.05) is 13.0 Å². The number of aromatic hydroxyl groups is 1. The van der Waals surface area contributed by atoms with Crippen molar-refractivity contribution in [3.63, 3.8) is 0 Å². The molecule has 0 saturated carbocycles. The lowest BCUT2D eigenvalue weighted by atomic mass is 10.0. The van der Waals surface area contributed by atoms with E-state index in [-0.39, 0.29) is 5.75 Å². The Balaban J connectivity index is 2.91. The molecule has 78 valence electrons. The average molecular weight is 260 g/mol. The van der Waals surface area contributed by atoms with E-state index in [9.17, 15) is 10.2 Å². The molecule has 0 aliphatic carbocycles. The van der Waals surface area contributed by atoms with Crippen LogP contribution < -0.4 is 5.73 Å². The third-order valence-electron chi connectivity index (χ3n) is 2.19. The van der Waals surface area contributed by atoms with Gasteiger partial charge in [0.05, 0.1) is 16.6 Å². The number of aliphatic hydroxyl groups is 1. The Hall–Kier alpha value is -0.580. The van der Waals surface area contributed by atoms with E-state index in [2.05, 4.69) is 15.9 Å². The lowest BCUT2D eigenvalue weighted by molar-refractivity contribution is 0.140. The Morgan fingerprint density at radius 3 is 2.64 bits per heavy atom. The molecule has 0 heterocycles. The van der Waals surface area contributed by atoms with E-state index in [1.807, 2.05) is 6.92 Å². The minimum Gasteiger partial charge on any atom is -0.507 e. The summed E-state index contributed by atoms with van der Waals surface area (Å²) in [6.07, 6.45) is 0.0612. The fourth-order valence-electron chi connectivity index (χ4n) is 1.21. The van der Waals surface area contributed by atoms with Crippen LogP contribution in [-0.4, -0.2) is 16.3 Å². The van der Waals surface area contributed by atoms with Crippen LogP contribution in [0.4, 0.5) is 0 Å². The molecule has 1 aromatic rings. The summed E-state index contributed by atoms with van der Waals surface area (Å²) in [5.74, 6) is 0.173. The summed E-state index contributed by atoms with van der Waals surface area (Å²) in [6.45, 7) is 1.87. The van der Waals surface area contributed by atoms with Crippen molar-refractivity contribution in [2.24, 2.45) is 5.73 Å². The van der Waals surface area contributed by atoms with Gasteiger partial charge in [-0.25, -0.2) is 0 Å². The van der Waals surface area contributed by atoms with E-state index in [0.717, 1.165) is 5.56 Å². The van der Waals surface area contributed by atoms with Gasteiger partial charge in [-0.15, -0.1) is 0 Å². The Bertz CT molecular complexity index is 317. The van der Waals surface area contributed by atoms with E-state index in [1.54, 1.807) is 18.2 Å². The van der Waals surface area contributed by atoms with Gasteiger partial charge in [-0.3, -0.25) is 0 Å². The van der Waals surface area contributed by atoms with Gasteiger partial charge in [0.2, 0.25) is 0 Å². The van der Waals surface area contributed by atoms with E-state index < -0.39 is 12.1 Å². The summed E-state index contributed by atoms with van der Waals surface area (Å²) in [6, 6.07) is 4.58. The maximum atomic E-state index is 9.54. The second-order valence-corrected chi connectivity index (χ2v) is 4.07. The van der Waals surface area contributed by atoms with Gasteiger partial charge in [-0.2, -0.15) is 0 Å². The molecule has 0 aliphatic heterocycles. The second-order valence-electron chi connectivity index (χ2n) is 3.21. The number of phenols is 1. The van der Waals surface area contributed by atoms with Crippen LogP contribution in [0.3, 0.4) is 0 Å². The second kappa shape index (κ2) is 4.77. The van der Waals surface area contributed by atoms with Crippen LogP contribution in [0.25, 0.3) is 0 Å². The molecule has 0 saturated heterocycles. The molecule has 1 aromatic carbocycles. The minimum absolute atomic E-state index is 0.173. The lowest BCUT2D eigenvalue weighted by Gasteiger charge is -2.17. The Kier molecular flexibility index (Phi) is 3.92. The van der Waals surface area contributed by atoms with Crippen LogP contribution >= 0.6 is 15.9 Å². The van der Waals surface area contributed by atoms with Crippen molar-refractivity contribution in [2.75, 3.05) is 0 Å². The number of halogens is 1. The molecule has 14 heavy (non-hydrogen) atoms. The zero-order valence-electron chi connectivity index (χ0n) is 7.94. The highest BCUT2D eigenvalue weighted by atomic mass is 79.9. The largest absolute Gasteiger partial charge is 0.507 e. The molecule has 0 aromatic heterocycles. The number of hydrogen-bond acceptors (Lipinski definition) is 3. The van der Waals surface area contributed by atoms with E-state index in [4.69, 9.17) is 5.73 Å². The van der Waals surface area contributed by atoms with Crippen molar-refractivity contribution in [3.05, 3.63) is 28.2 Å². The summed E-state index contributed by atoms with van der Waals surface area (Å²) in [7, 11) is 0. The van der Waals surface area contributed by atoms with Crippen molar-refractivity contribution >= 4 is 15.9 Å². The maximum Gasteiger partial charge on any atom is 0.129 e. The Morgan fingerprint density at radius 2 is 2.14 bits per heavy atom.